The summed E-state index contributed by atoms with van der Waals surface area (Å²) < 4.78 is 0.913. The number of hydrogen-bond acceptors (Lipinski definition) is 3. The van der Waals surface area contributed by atoms with Crippen LogP contribution in [0.25, 0.3) is 0 Å². The van der Waals surface area contributed by atoms with E-state index in [0.29, 0.717) is 11.4 Å². The molecule has 104 valence electrons. The van der Waals surface area contributed by atoms with E-state index in [1.54, 1.807) is 18.2 Å². The molecule has 1 unspecified atom stereocenters. The molecule has 0 bridgehead atoms. The fraction of sp³-hybridized carbons (Fsp3) is 0.143. The van der Waals surface area contributed by atoms with Crippen LogP contribution in [0, 0.1) is 10.1 Å². The molecule has 0 aliphatic heterocycles. The van der Waals surface area contributed by atoms with Crippen LogP contribution in [0.15, 0.2) is 46.9 Å². The molecule has 0 aliphatic carbocycles. The van der Waals surface area contributed by atoms with Crippen LogP contribution in [-0.2, 0) is 6.42 Å². The minimum Gasteiger partial charge on any atom is -0.324 e. The topological polar surface area (TPSA) is 69.2 Å². The van der Waals surface area contributed by atoms with Crippen molar-refractivity contribution in [2.75, 3.05) is 0 Å². The fourth-order valence-electron chi connectivity index (χ4n) is 1.92. The summed E-state index contributed by atoms with van der Waals surface area (Å²) in [6.45, 7) is 0. The predicted molar refractivity (Wildman–Crippen MR) is 82.9 cm³/mol. The van der Waals surface area contributed by atoms with Crippen molar-refractivity contribution in [3.63, 3.8) is 0 Å². The van der Waals surface area contributed by atoms with Crippen molar-refractivity contribution in [3.05, 3.63) is 73.2 Å². The number of halogens is 2. The summed E-state index contributed by atoms with van der Waals surface area (Å²) in [4.78, 5) is 10.2. The lowest BCUT2D eigenvalue weighted by atomic mass is 9.99. The first-order chi connectivity index (χ1) is 9.47. The highest BCUT2D eigenvalue weighted by molar-refractivity contribution is 9.10. The Morgan fingerprint density at radius 1 is 1.25 bits per heavy atom. The van der Waals surface area contributed by atoms with E-state index in [1.807, 2.05) is 12.1 Å². The molecule has 1 atom stereocenters. The normalized spacial score (nSPS) is 12.2. The predicted octanol–water partition coefficient (Wildman–Crippen LogP) is 4.25. The van der Waals surface area contributed by atoms with E-state index in [-0.39, 0.29) is 11.7 Å². The van der Waals surface area contributed by atoms with E-state index in [9.17, 15) is 10.1 Å². The van der Waals surface area contributed by atoms with Gasteiger partial charge in [0.25, 0.3) is 5.69 Å². The molecule has 0 fully saturated rings. The van der Waals surface area contributed by atoms with Crippen molar-refractivity contribution < 1.29 is 4.92 Å². The second-order valence-corrected chi connectivity index (χ2v) is 5.72. The van der Waals surface area contributed by atoms with Gasteiger partial charge in [0, 0.05) is 27.7 Å². The molecule has 0 heterocycles. The Morgan fingerprint density at radius 2 is 1.90 bits per heavy atom. The molecule has 0 amide bonds. The van der Waals surface area contributed by atoms with Gasteiger partial charge in [0.15, 0.2) is 0 Å². The van der Waals surface area contributed by atoms with E-state index in [1.165, 1.54) is 12.1 Å². The fourth-order valence-corrected chi connectivity index (χ4v) is 2.55. The highest BCUT2D eigenvalue weighted by atomic mass is 79.9. The van der Waals surface area contributed by atoms with Gasteiger partial charge in [-0.15, -0.1) is 0 Å². The Bertz CT molecular complexity index is 632. The maximum Gasteiger partial charge on any atom is 0.269 e. The summed E-state index contributed by atoms with van der Waals surface area (Å²) in [6.07, 6.45) is 0.564. The third-order valence-corrected chi connectivity index (χ3v) is 3.80. The first kappa shape index (κ1) is 15.0. The van der Waals surface area contributed by atoms with Crippen LogP contribution >= 0.6 is 27.5 Å². The molecule has 6 heteroatoms. The molecule has 2 N–H and O–H groups in total. The number of nitro benzene ring substituents is 1. The van der Waals surface area contributed by atoms with Crippen LogP contribution in [0.5, 0.6) is 0 Å². The summed E-state index contributed by atoms with van der Waals surface area (Å²) in [5, 5.41) is 11.2. The lowest BCUT2D eigenvalue weighted by molar-refractivity contribution is -0.384. The summed E-state index contributed by atoms with van der Waals surface area (Å²) >= 11 is 9.52. The SMILES string of the molecule is NC(Cc1ccc([N+](=O)[O-])cc1)c1cc(Br)ccc1Cl. The molecule has 20 heavy (non-hydrogen) atoms. The van der Waals surface area contributed by atoms with E-state index >= 15 is 0 Å². The zero-order valence-corrected chi connectivity index (χ0v) is 12.8. The van der Waals surface area contributed by atoms with Crippen molar-refractivity contribution in [1.29, 1.82) is 0 Å². The molecule has 0 saturated carbocycles. The van der Waals surface area contributed by atoms with Gasteiger partial charge in [-0.05, 0) is 35.7 Å². The monoisotopic (exact) mass is 354 g/mol. The van der Waals surface area contributed by atoms with Crippen molar-refractivity contribution in [1.82, 2.24) is 0 Å². The van der Waals surface area contributed by atoms with Gasteiger partial charge in [-0.1, -0.05) is 39.7 Å². The zero-order valence-electron chi connectivity index (χ0n) is 10.4. The standard InChI is InChI=1S/C14H12BrClN2O2/c15-10-3-6-13(16)12(8-10)14(17)7-9-1-4-11(5-2-9)18(19)20/h1-6,8,14H,7,17H2. The number of nitro groups is 1. The average Bonchev–Trinajstić information content (AvgIpc) is 2.42. The Morgan fingerprint density at radius 3 is 2.50 bits per heavy atom. The summed E-state index contributed by atoms with van der Waals surface area (Å²) in [5.41, 5.74) is 8.00. The van der Waals surface area contributed by atoms with Crippen LogP contribution in [0.4, 0.5) is 5.69 Å². The smallest absolute Gasteiger partial charge is 0.269 e. The van der Waals surface area contributed by atoms with Crippen LogP contribution in [0.2, 0.25) is 5.02 Å². The van der Waals surface area contributed by atoms with Gasteiger partial charge in [0.2, 0.25) is 0 Å². The highest BCUT2D eigenvalue weighted by Crippen LogP contribution is 2.27. The third kappa shape index (κ3) is 3.56. The first-order valence-electron chi connectivity index (χ1n) is 5.91. The molecule has 4 nitrogen and oxygen atoms in total. The number of nitrogens with two attached hydrogens (primary N) is 1. The molecule has 2 aromatic carbocycles. The number of benzene rings is 2. The Hall–Kier alpha value is -1.43. The van der Waals surface area contributed by atoms with Crippen LogP contribution in [0.1, 0.15) is 17.2 Å². The van der Waals surface area contributed by atoms with E-state index in [2.05, 4.69) is 15.9 Å². The Kier molecular flexibility index (Phi) is 4.75. The molecule has 0 aromatic heterocycles. The molecule has 0 spiro atoms. The van der Waals surface area contributed by atoms with E-state index < -0.39 is 4.92 Å². The van der Waals surface area contributed by atoms with Crippen LogP contribution < -0.4 is 5.73 Å². The molecule has 2 aromatic rings. The highest BCUT2D eigenvalue weighted by Gasteiger charge is 2.12. The maximum atomic E-state index is 10.6. The number of rotatable bonds is 4. The third-order valence-electron chi connectivity index (χ3n) is 2.96. The average molecular weight is 356 g/mol. The molecular weight excluding hydrogens is 344 g/mol. The van der Waals surface area contributed by atoms with E-state index in [4.69, 9.17) is 17.3 Å². The summed E-state index contributed by atoms with van der Waals surface area (Å²) in [7, 11) is 0. The lowest BCUT2D eigenvalue weighted by Gasteiger charge is -2.14. The van der Waals surface area contributed by atoms with Gasteiger partial charge in [-0.3, -0.25) is 10.1 Å². The molecule has 2 rings (SSSR count). The second-order valence-electron chi connectivity index (χ2n) is 4.40. The minimum absolute atomic E-state index is 0.0720. The Balaban J connectivity index is 2.16. The largest absolute Gasteiger partial charge is 0.324 e. The van der Waals surface area contributed by atoms with Gasteiger partial charge < -0.3 is 5.73 Å². The van der Waals surface area contributed by atoms with Crippen LogP contribution in [0.3, 0.4) is 0 Å². The molecule has 0 saturated heterocycles. The molecule has 0 aliphatic rings. The van der Waals surface area contributed by atoms with Crippen molar-refractivity contribution in [2.45, 2.75) is 12.5 Å². The van der Waals surface area contributed by atoms with Gasteiger partial charge in [-0.2, -0.15) is 0 Å². The van der Waals surface area contributed by atoms with Crippen molar-refractivity contribution in [2.24, 2.45) is 5.73 Å². The molecular formula is C14H12BrClN2O2. The molecule has 0 radical (unpaired) electrons. The zero-order chi connectivity index (χ0) is 14.7. The summed E-state index contributed by atoms with van der Waals surface area (Å²) in [6, 6.07) is 11.6. The van der Waals surface area contributed by atoms with Crippen LogP contribution in [-0.4, -0.2) is 4.92 Å². The number of nitrogens with zero attached hydrogens (tertiary/aromatic N) is 1. The number of non-ortho nitro benzene ring substituents is 1. The van der Waals surface area contributed by atoms with Gasteiger partial charge in [-0.25, -0.2) is 0 Å². The van der Waals surface area contributed by atoms with Gasteiger partial charge >= 0.3 is 0 Å². The lowest BCUT2D eigenvalue weighted by Crippen LogP contribution is -2.14. The first-order valence-corrected chi connectivity index (χ1v) is 7.08. The van der Waals surface area contributed by atoms with Gasteiger partial charge in [0.05, 0.1) is 4.92 Å². The maximum absolute atomic E-state index is 10.6. The van der Waals surface area contributed by atoms with Crippen molar-refractivity contribution in [3.8, 4) is 0 Å². The summed E-state index contributed by atoms with van der Waals surface area (Å²) in [5.74, 6) is 0. The minimum atomic E-state index is -0.422. The van der Waals surface area contributed by atoms with Crippen molar-refractivity contribution >= 4 is 33.2 Å². The second kappa shape index (κ2) is 6.35. The quantitative estimate of drug-likeness (QED) is 0.658. The van der Waals surface area contributed by atoms with E-state index in [0.717, 1.165) is 15.6 Å². The Labute approximate surface area is 129 Å². The van der Waals surface area contributed by atoms with Gasteiger partial charge in [0.1, 0.15) is 0 Å². The number of hydrogen-bond donors (Lipinski definition) is 1.